The first kappa shape index (κ1) is 13.1. The van der Waals surface area contributed by atoms with Gasteiger partial charge in [-0.1, -0.05) is 65.8 Å². The zero-order chi connectivity index (χ0) is 14.7. The summed E-state index contributed by atoms with van der Waals surface area (Å²) in [5.41, 5.74) is 3.20. The van der Waals surface area contributed by atoms with Crippen molar-refractivity contribution < 1.29 is 14.4 Å². The molecule has 1 N–H and O–H groups in total. The van der Waals surface area contributed by atoms with Crippen LogP contribution in [0.3, 0.4) is 0 Å². The molecule has 0 aliphatic rings. The Hall–Kier alpha value is -2.88. The number of hydrogen-bond acceptors (Lipinski definition) is 3. The first-order valence-electron chi connectivity index (χ1n) is 6.57. The smallest absolute Gasteiger partial charge is 0.311 e. The fourth-order valence-electron chi connectivity index (χ4n) is 2.28. The molecule has 0 bridgehead atoms. The van der Waals surface area contributed by atoms with E-state index >= 15 is 0 Å². The van der Waals surface area contributed by atoms with Gasteiger partial charge in [0.2, 0.25) is 0 Å². The number of nitrogens with zero attached hydrogens (tertiary/aromatic N) is 1. The zero-order valence-corrected chi connectivity index (χ0v) is 11.2. The molecular weight excluding hydrogens is 266 g/mol. The Labute approximate surface area is 121 Å². The van der Waals surface area contributed by atoms with Crippen LogP contribution in [0.1, 0.15) is 5.76 Å². The Bertz CT molecular complexity index is 748. The van der Waals surface area contributed by atoms with Crippen LogP contribution in [0.2, 0.25) is 0 Å². The van der Waals surface area contributed by atoms with Gasteiger partial charge in [0.15, 0.2) is 5.76 Å². The molecule has 0 atom stereocenters. The lowest BCUT2D eigenvalue weighted by Crippen LogP contribution is -2.00. The molecule has 4 nitrogen and oxygen atoms in total. The Balaban J connectivity index is 2.18. The van der Waals surface area contributed by atoms with Crippen molar-refractivity contribution in [2.24, 2.45) is 0 Å². The van der Waals surface area contributed by atoms with Crippen molar-refractivity contribution in [1.82, 2.24) is 5.16 Å². The largest absolute Gasteiger partial charge is 0.481 e. The van der Waals surface area contributed by atoms with Crippen LogP contribution in [0, 0.1) is 0 Å². The first-order chi connectivity index (χ1) is 10.3. The van der Waals surface area contributed by atoms with Crippen LogP contribution in [0.5, 0.6) is 0 Å². The monoisotopic (exact) mass is 279 g/mol. The maximum atomic E-state index is 11.0. The van der Waals surface area contributed by atoms with Gasteiger partial charge in [0.25, 0.3) is 0 Å². The normalized spacial score (nSPS) is 10.5. The van der Waals surface area contributed by atoms with Crippen LogP contribution in [-0.4, -0.2) is 16.2 Å². The van der Waals surface area contributed by atoms with Gasteiger partial charge in [0, 0.05) is 5.56 Å². The maximum Gasteiger partial charge on any atom is 0.311 e. The van der Waals surface area contributed by atoms with Crippen molar-refractivity contribution in [2.45, 2.75) is 6.42 Å². The molecule has 0 spiro atoms. The Morgan fingerprint density at radius 3 is 2.10 bits per heavy atom. The number of aromatic nitrogens is 1. The molecule has 3 aromatic rings. The minimum Gasteiger partial charge on any atom is -0.481 e. The summed E-state index contributed by atoms with van der Waals surface area (Å²) in [6.07, 6.45) is -0.190. The minimum atomic E-state index is -0.942. The van der Waals surface area contributed by atoms with E-state index in [0.717, 1.165) is 16.7 Å². The molecular formula is C17H13NO3. The zero-order valence-electron chi connectivity index (χ0n) is 11.2. The maximum absolute atomic E-state index is 11.0. The Morgan fingerprint density at radius 1 is 0.952 bits per heavy atom. The molecule has 0 saturated heterocycles. The molecule has 1 heterocycles. The number of carboxylic acid groups (broad SMARTS) is 1. The fourth-order valence-corrected chi connectivity index (χ4v) is 2.28. The number of aliphatic carboxylic acids is 1. The van der Waals surface area contributed by atoms with Crippen LogP contribution in [-0.2, 0) is 11.2 Å². The van der Waals surface area contributed by atoms with E-state index in [-0.39, 0.29) is 6.42 Å². The van der Waals surface area contributed by atoms with Gasteiger partial charge in [-0.15, -0.1) is 0 Å². The van der Waals surface area contributed by atoms with Crippen molar-refractivity contribution in [3.63, 3.8) is 0 Å². The average molecular weight is 279 g/mol. The summed E-state index contributed by atoms with van der Waals surface area (Å²) in [4.78, 5) is 11.0. The number of hydrogen-bond donors (Lipinski definition) is 1. The minimum absolute atomic E-state index is 0.190. The van der Waals surface area contributed by atoms with E-state index < -0.39 is 5.97 Å². The van der Waals surface area contributed by atoms with Crippen molar-refractivity contribution in [1.29, 1.82) is 0 Å². The van der Waals surface area contributed by atoms with Gasteiger partial charge < -0.3 is 9.63 Å². The highest BCUT2D eigenvalue weighted by Crippen LogP contribution is 2.34. The van der Waals surface area contributed by atoms with Crippen LogP contribution in [0.15, 0.2) is 65.2 Å². The average Bonchev–Trinajstić information content (AvgIpc) is 2.92. The lowest BCUT2D eigenvalue weighted by Gasteiger charge is -2.03. The second kappa shape index (κ2) is 5.63. The summed E-state index contributed by atoms with van der Waals surface area (Å²) in [6, 6.07) is 19.2. The van der Waals surface area contributed by atoms with Crippen molar-refractivity contribution >= 4 is 5.97 Å². The molecule has 0 fully saturated rings. The third-order valence-corrected chi connectivity index (χ3v) is 3.18. The molecule has 0 amide bonds. The standard InChI is InChI=1S/C17H13NO3/c19-15(20)11-14-16(12-7-3-1-4-8-12)17(18-21-14)13-9-5-2-6-10-13/h1-10H,11H2,(H,19,20). The van der Waals surface area contributed by atoms with Gasteiger partial charge in [-0.25, -0.2) is 0 Å². The highest BCUT2D eigenvalue weighted by molar-refractivity contribution is 5.84. The summed E-state index contributed by atoms with van der Waals surface area (Å²) in [7, 11) is 0. The molecule has 0 radical (unpaired) electrons. The van der Waals surface area contributed by atoms with Crippen LogP contribution in [0.4, 0.5) is 0 Å². The lowest BCUT2D eigenvalue weighted by atomic mass is 9.98. The van der Waals surface area contributed by atoms with Gasteiger partial charge in [-0.3, -0.25) is 4.79 Å². The number of carbonyl (C=O) groups is 1. The van der Waals surface area contributed by atoms with Gasteiger partial charge in [0.05, 0.1) is 5.56 Å². The predicted molar refractivity (Wildman–Crippen MR) is 78.7 cm³/mol. The fraction of sp³-hybridized carbons (Fsp3) is 0.0588. The van der Waals surface area contributed by atoms with Crippen molar-refractivity contribution in [2.75, 3.05) is 0 Å². The van der Waals surface area contributed by atoms with E-state index in [1.54, 1.807) is 0 Å². The van der Waals surface area contributed by atoms with Crippen LogP contribution < -0.4 is 0 Å². The summed E-state index contributed by atoms with van der Waals surface area (Å²) in [5.74, 6) is -0.574. The number of rotatable bonds is 4. The molecule has 0 aliphatic heterocycles. The summed E-state index contributed by atoms with van der Waals surface area (Å²) in [5, 5.41) is 13.1. The van der Waals surface area contributed by atoms with Crippen molar-refractivity contribution in [3.05, 3.63) is 66.4 Å². The summed E-state index contributed by atoms with van der Waals surface area (Å²) in [6.45, 7) is 0. The molecule has 2 aromatic carbocycles. The molecule has 1 aromatic heterocycles. The van der Waals surface area contributed by atoms with Gasteiger partial charge in [-0.2, -0.15) is 0 Å². The molecule has 104 valence electrons. The Morgan fingerprint density at radius 2 is 1.52 bits per heavy atom. The first-order valence-corrected chi connectivity index (χ1v) is 6.57. The van der Waals surface area contributed by atoms with E-state index in [0.29, 0.717) is 11.5 Å². The third kappa shape index (κ3) is 2.69. The lowest BCUT2D eigenvalue weighted by molar-refractivity contribution is -0.136. The predicted octanol–water partition coefficient (Wildman–Crippen LogP) is 3.64. The van der Waals surface area contributed by atoms with Gasteiger partial charge >= 0.3 is 5.97 Å². The summed E-state index contributed by atoms with van der Waals surface area (Å²) < 4.78 is 5.28. The number of carboxylic acids is 1. The van der Waals surface area contributed by atoms with E-state index in [9.17, 15) is 4.79 Å². The molecule has 0 saturated carbocycles. The van der Waals surface area contributed by atoms with Crippen LogP contribution >= 0.6 is 0 Å². The van der Waals surface area contributed by atoms with Gasteiger partial charge in [0.1, 0.15) is 12.1 Å². The highest BCUT2D eigenvalue weighted by Gasteiger charge is 2.20. The SMILES string of the molecule is O=C(O)Cc1onc(-c2ccccc2)c1-c1ccccc1. The summed E-state index contributed by atoms with van der Waals surface area (Å²) >= 11 is 0. The second-order valence-corrected chi connectivity index (χ2v) is 4.63. The molecule has 21 heavy (non-hydrogen) atoms. The molecule has 0 aliphatic carbocycles. The molecule has 0 unspecified atom stereocenters. The van der Waals surface area contributed by atoms with Crippen molar-refractivity contribution in [3.8, 4) is 22.4 Å². The van der Waals surface area contributed by atoms with Gasteiger partial charge in [-0.05, 0) is 5.56 Å². The third-order valence-electron chi connectivity index (χ3n) is 3.18. The highest BCUT2D eigenvalue weighted by atomic mass is 16.5. The van der Waals surface area contributed by atoms with E-state index in [2.05, 4.69) is 5.16 Å². The van der Waals surface area contributed by atoms with E-state index in [4.69, 9.17) is 9.63 Å². The topological polar surface area (TPSA) is 63.3 Å². The Kier molecular flexibility index (Phi) is 3.51. The quantitative estimate of drug-likeness (QED) is 0.792. The molecule has 3 rings (SSSR count). The number of benzene rings is 2. The second-order valence-electron chi connectivity index (χ2n) is 4.63. The van der Waals surface area contributed by atoms with E-state index in [1.807, 2.05) is 60.7 Å². The molecule has 4 heteroatoms. The van der Waals surface area contributed by atoms with Crippen LogP contribution in [0.25, 0.3) is 22.4 Å². The van der Waals surface area contributed by atoms with E-state index in [1.165, 1.54) is 0 Å².